The fourth-order valence-corrected chi connectivity index (χ4v) is 3.39. The van der Waals surface area contributed by atoms with Crippen LogP contribution in [0.3, 0.4) is 0 Å². The predicted molar refractivity (Wildman–Crippen MR) is 103 cm³/mol. The molecule has 1 aromatic carbocycles. The number of hydrogen-bond donors (Lipinski definition) is 2. The van der Waals surface area contributed by atoms with Gasteiger partial charge in [0.1, 0.15) is 12.0 Å². The van der Waals surface area contributed by atoms with Crippen LogP contribution in [0.5, 0.6) is 0 Å². The van der Waals surface area contributed by atoms with Crippen LogP contribution < -0.4 is 5.32 Å². The number of anilines is 1. The molecule has 0 fully saturated rings. The van der Waals surface area contributed by atoms with Gasteiger partial charge in [0.25, 0.3) is 0 Å². The number of H-pyrrole nitrogens is 1. The van der Waals surface area contributed by atoms with Crippen LogP contribution in [0.2, 0.25) is 5.02 Å². The number of urea groups is 1. The Morgan fingerprint density at radius 1 is 1.35 bits per heavy atom. The monoisotopic (exact) mass is 367 g/mol. The Balaban J connectivity index is 1.51. The van der Waals surface area contributed by atoms with Crippen molar-refractivity contribution >= 4 is 39.9 Å². The summed E-state index contributed by atoms with van der Waals surface area (Å²) in [4.78, 5) is 26.1. The summed E-state index contributed by atoms with van der Waals surface area (Å²) in [6.45, 7) is 3.21. The molecule has 0 radical (unpaired) electrons. The number of hydrogen-bond acceptors (Lipinski definition) is 3. The van der Waals surface area contributed by atoms with Gasteiger partial charge in [-0.05, 0) is 42.7 Å². The van der Waals surface area contributed by atoms with E-state index in [-0.39, 0.29) is 6.03 Å². The molecule has 1 aliphatic rings. The van der Waals surface area contributed by atoms with Gasteiger partial charge in [-0.15, -0.1) is 0 Å². The lowest BCUT2D eigenvalue weighted by Crippen LogP contribution is -2.37. The molecular formula is C19H18ClN5O. The van der Waals surface area contributed by atoms with Crippen LogP contribution in [-0.4, -0.2) is 39.0 Å². The zero-order chi connectivity index (χ0) is 18.1. The molecule has 7 heteroatoms. The lowest BCUT2D eigenvalue weighted by atomic mass is 10.0. The summed E-state index contributed by atoms with van der Waals surface area (Å²) >= 11 is 5.96. The average molecular weight is 368 g/mol. The van der Waals surface area contributed by atoms with Crippen molar-refractivity contribution in [3.05, 3.63) is 59.1 Å². The largest absolute Gasteiger partial charge is 0.346 e. The van der Waals surface area contributed by atoms with Crippen molar-refractivity contribution in [1.82, 2.24) is 19.9 Å². The molecule has 26 heavy (non-hydrogen) atoms. The lowest BCUT2D eigenvalue weighted by molar-refractivity contribution is 0.217. The number of nitrogens with zero attached hydrogens (tertiary/aromatic N) is 3. The Bertz CT molecular complexity index is 1010. The lowest BCUT2D eigenvalue weighted by Gasteiger charge is -2.26. The number of fused-ring (bicyclic) bond motifs is 1. The van der Waals surface area contributed by atoms with Gasteiger partial charge in [-0.1, -0.05) is 23.7 Å². The minimum Gasteiger partial charge on any atom is -0.346 e. The smallest absolute Gasteiger partial charge is 0.322 e. The molecule has 2 aromatic heterocycles. The molecule has 0 atom stereocenters. The number of rotatable bonds is 2. The Morgan fingerprint density at radius 3 is 3.00 bits per heavy atom. The maximum absolute atomic E-state index is 12.5. The highest BCUT2D eigenvalue weighted by atomic mass is 35.5. The van der Waals surface area contributed by atoms with Crippen LogP contribution in [-0.2, 0) is 0 Å². The van der Waals surface area contributed by atoms with Crippen molar-refractivity contribution in [2.45, 2.75) is 13.3 Å². The third-order valence-corrected chi connectivity index (χ3v) is 4.78. The van der Waals surface area contributed by atoms with Gasteiger partial charge in [0.2, 0.25) is 0 Å². The maximum Gasteiger partial charge on any atom is 0.322 e. The number of aromatic amines is 1. The van der Waals surface area contributed by atoms with Crippen molar-refractivity contribution in [2.24, 2.45) is 0 Å². The highest BCUT2D eigenvalue weighted by Gasteiger charge is 2.20. The van der Waals surface area contributed by atoms with E-state index in [1.165, 1.54) is 0 Å². The van der Waals surface area contributed by atoms with Gasteiger partial charge in [0.15, 0.2) is 0 Å². The summed E-state index contributed by atoms with van der Waals surface area (Å²) < 4.78 is 0. The normalized spacial score (nSPS) is 14.4. The van der Waals surface area contributed by atoms with Gasteiger partial charge in [-0.3, -0.25) is 0 Å². The highest BCUT2D eigenvalue weighted by Crippen LogP contribution is 2.28. The molecule has 0 bridgehead atoms. The highest BCUT2D eigenvalue weighted by molar-refractivity contribution is 6.30. The molecule has 3 aromatic rings. The molecule has 0 saturated heterocycles. The van der Waals surface area contributed by atoms with Gasteiger partial charge in [-0.25, -0.2) is 14.8 Å². The van der Waals surface area contributed by atoms with Gasteiger partial charge in [0, 0.05) is 35.4 Å². The maximum atomic E-state index is 12.5. The van der Waals surface area contributed by atoms with Gasteiger partial charge < -0.3 is 15.2 Å². The van der Waals surface area contributed by atoms with Crippen LogP contribution in [0.25, 0.3) is 16.6 Å². The molecule has 0 saturated carbocycles. The summed E-state index contributed by atoms with van der Waals surface area (Å²) in [5, 5.41) is 4.53. The van der Waals surface area contributed by atoms with Crippen molar-refractivity contribution in [1.29, 1.82) is 0 Å². The summed E-state index contributed by atoms with van der Waals surface area (Å²) in [5.74, 6) is 0. The number of nitrogens with one attached hydrogen (secondary N) is 2. The Morgan fingerprint density at radius 2 is 2.23 bits per heavy atom. The number of carbonyl (C=O) groups is 1. The molecule has 4 rings (SSSR count). The van der Waals surface area contributed by atoms with E-state index >= 15 is 0 Å². The van der Waals surface area contributed by atoms with Crippen molar-refractivity contribution < 1.29 is 4.79 Å². The average Bonchev–Trinajstić information content (AvgIpc) is 3.03. The first-order chi connectivity index (χ1) is 12.6. The van der Waals surface area contributed by atoms with E-state index in [2.05, 4.69) is 26.3 Å². The van der Waals surface area contributed by atoms with Crippen molar-refractivity contribution in [3.63, 3.8) is 0 Å². The van der Waals surface area contributed by atoms with E-state index in [0.717, 1.165) is 34.3 Å². The molecule has 6 nitrogen and oxygen atoms in total. The minimum atomic E-state index is -0.131. The van der Waals surface area contributed by atoms with Crippen LogP contribution >= 0.6 is 11.6 Å². The van der Waals surface area contributed by atoms with Gasteiger partial charge in [0.05, 0.1) is 5.69 Å². The second-order valence-corrected chi connectivity index (χ2v) is 6.72. The van der Waals surface area contributed by atoms with E-state index in [9.17, 15) is 4.79 Å². The topological polar surface area (TPSA) is 73.9 Å². The summed E-state index contributed by atoms with van der Waals surface area (Å²) in [6, 6.07) is 7.01. The first-order valence-electron chi connectivity index (χ1n) is 8.41. The molecule has 2 amide bonds. The van der Waals surface area contributed by atoms with Crippen molar-refractivity contribution in [3.8, 4) is 0 Å². The Kier molecular flexibility index (Phi) is 4.34. The molecule has 1 aliphatic heterocycles. The number of halogens is 1. The zero-order valence-electron chi connectivity index (χ0n) is 14.3. The van der Waals surface area contributed by atoms with E-state index in [1.807, 2.05) is 25.3 Å². The van der Waals surface area contributed by atoms with E-state index in [1.54, 1.807) is 23.4 Å². The SMILES string of the molecule is Cc1c[nH]c2ncnc(C3=CCN(C(=O)Nc4cccc(Cl)c4)CC3)c12. The van der Waals surface area contributed by atoms with Crippen LogP contribution in [0.1, 0.15) is 17.7 Å². The Labute approximate surface area is 155 Å². The quantitative estimate of drug-likeness (QED) is 0.711. The number of aromatic nitrogens is 3. The van der Waals surface area contributed by atoms with E-state index in [0.29, 0.717) is 23.8 Å². The number of aryl methyl sites for hydroxylation is 1. The van der Waals surface area contributed by atoms with Gasteiger partial charge >= 0.3 is 6.03 Å². The second-order valence-electron chi connectivity index (χ2n) is 6.28. The summed E-state index contributed by atoms with van der Waals surface area (Å²) in [5.41, 5.74) is 4.75. The van der Waals surface area contributed by atoms with Crippen LogP contribution in [0.4, 0.5) is 10.5 Å². The second kappa shape index (κ2) is 6.80. The number of amides is 2. The molecule has 0 spiro atoms. The molecule has 2 N–H and O–H groups in total. The first-order valence-corrected chi connectivity index (χ1v) is 8.79. The molecular weight excluding hydrogens is 350 g/mol. The minimum absolute atomic E-state index is 0.131. The number of benzene rings is 1. The third-order valence-electron chi connectivity index (χ3n) is 4.54. The predicted octanol–water partition coefficient (Wildman–Crippen LogP) is 4.24. The molecule has 132 valence electrons. The van der Waals surface area contributed by atoms with Crippen molar-refractivity contribution in [2.75, 3.05) is 18.4 Å². The van der Waals surface area contributed by atoms with E-state index in [4.69, 9.17) is 11.6 Å². The third kappa shape index (κ3) is 3.15. The van der Waals surface area contributed by atoms with Crippen LogP contribution in [0, 0.1) is 6.92 Å². The van der Waals surface area contributed by atoms with E-state index < -0.39 is 0 Å². The fraction of sp³-hybridized carbons (Fsp3) is 0.211. The Hall–Kier alpha value is -2.86. The molecule has 3 heterocycles. The standard InChI is InChI=1S/C19H18ClN5O/c1-12-10-21-18-16(12)17(22-11-23-18)13-5-7-25(8-6-13)19(26)24-15-4-2-3-14(20)9-15/h2-5,9-11H,6-8H2,1H3,(H,24,26)(H,21,22,23). The molecule has 0 unspecified atom stereocenters. The van der Waals surface area contributed by atoms with Gasteiger partial charge in [-0.2, -0.15) is 0 Å². The zero-order valence-corrected chi connectivity index (χ0v) is 15.0. The first kappa shape index (κ1) is 16.6. The summed E-state index contributed by atoms with van der Waals surface area (Å²) in [6.07, 6.45) is 6.33. The summed E-state index contributed by atoms with van der Waals surface area (Å²) in [7, 11) is 0. The van der Waals surface area contributed by atoms with Crippen LogP contribution in [0.15, 0.2) is 42.9 Å². The number of carbonyl (C=O) groups excluding carboxylic acids is 1. The molecule has 0 aliphatic carbocycles. The fourth-order valence-electron chi connectivity index (χ4n) is 3.20.